The number of carbonyl (C=O) groups is 2. The Morgan fingerprint density at radius 2 is 2.04 bits per heavy atom. The summed E-state index contributed by atoms with van der Waals surface area (Å²) in [5.41, 5.74) is 0.505. The Hall–Kier alpha value is -2.83. The molecule has 1 unspecified atom stereocenters. The van der Waals surface area contributed by atoms with Crippen molar-refractivity contribution in [3.05, 3.63) is 48.2 Å². The Bertz CT molecular complexity index is 808. The van der Waals surface area contributed by atoms with Crippen LogP contribution in [0.3, 0.4) is 0 Å². The minimum atomic E-state index is -0.941. The summed E-state index contributed by atoms with van der Waals surface area (Å²) in [5.74, 6) is -2.02. The zero-order valence-corrected chi connectivity index (χ0v) is 13.6. The maximum Gasteiger partial charge on any atom is 0.248 e. The molecule has 2 amide bonds. The largest absolute Gasteiger partial charge is 0.331 e. The third-order valence-corrected chi connectivity index (χ3v) is 4.24. The lowest BCUT2D eigenvalue weighted by atomic mass is 10.1. The van der Waals surface area contributed by atoms with E-state index in [1.54, 1.807) is 6.07 Å². The maximum atomic E-state index is 13.8. The molecule has 7 heteroatoms. The molecule has 0 bridgehead atoms. The van der Waals surface area contributed by atoms with E-state index in [1.165, 1.54) is 36.2 Å². The zero-order valence-electron chi connectivity index (χ0n) is 13.6. The van der Waals surface area contributed by atoms with E-state index >= 15 is 0 Å². The first-order chi connectivity index (χ1) is 12.0. The van der Waals surface area contributed by atoms with Crippen molar-refractivity contribution < 1.29 is 18.4 Å². The molecule has 1 fully saturated rings. The lowest BCUT2D eigenvalue weighted by Gasteiger charge is -2.22. The molecule has 3 rings (SSSR count). The molecule has 2 aromatic rings. The smallest absolute Gasteiger partial charge is 0.248 e. The number of likely N-dealkylation sites (tertiary alicyclic amines) is 1. The summed E-state index contributed by atoms with van der Waals surface area (Å²) in [6.07, 6.45) is 2.76. The number of aromatic nitrogens is 1. The summed E-state index contributed by atoms with van der Waals surface area (Å²) in [6, 6.07) is 6.49. The fourth-order valence-corrected chi connectivity index (χ4v) is 2.98. The van der Waals surface area contributed by atoms with Gasteiger partial charge in [0.1, 0.15) is 11.9 Å². The third-order valence-electron chi connectivity index (χ3n) is 4.24. The van der Waals surface area contributed by atoms with Crippen LogP contribution in [-0.4, -0.2) is 34.3 Å². The molecule has 0 aliphatic carbocycles. The number of carbonyl (C=O) groups excluding carboxylic acids is 2. The fourth-order valence-electron chi connectivity index (χ4n) is 2.98. The Morgan fingerprint density at radius 1 is 1.24 bits per heavy atom. The van der Waals surface area contributed by atoms with E-state index in [-0.39, 0.29) is 17.4 Å². The SMILES string of the molecule is CC(=O)N1CCCC1C(=O)Nc1ccc(-c2cccc(F)c2F)cn1. The van der Waals surface area contributed by atoms with E-state index < -0.39 is 17.7 Å². The van der Waals surface area contributed by atoms with Gasteiger partial charge in [-0.3, -0.25) is 9.59 Å². The second-order valence-electron chi connectivity index (χ2n) is 5.89. The van der Waals surface area contributed by atoms with Crippen molar-refractivity contribution in [3.63, 3.8) is 0 Å². The molecule has 0 radical (unpaired) electrons. The van der Waals surface area contributed by atoms with Crippen LogP contribution in [0.1, 0.15) is 19.8 Å². The quantitative estimate of drug-likeness (QED) is 0.930. The lowest BCUT2D eigenvalue weighted by Crippen LogP contribution is -2.42. The summed E-state index contributed by atoms with van der Waals surface area (Å²) in [7, 11) is 0. The van der Waals surface area contributed by atoms with Crippen LogP contribution in [0.2, 0.25) is 0 Å². The van der Waals surface area contributed by atoms with Crippen LogP contribution in [0.25, 0.3) is 11.1 Å². The highest BCUT2D eigenvalue weighted by molar-refractivity contribution is 5.96. The first-order valence-corrected chi connectivity index (χ1v) is 7.96. The number of benzene rings is 1. The highest BCUT2D eigenvalue weighted by Gasteiger charge is 2.32. The van der Waals surface area contributed by atoms with E-state index in [4.69, 9.17) is 0 Å². The van der Waals surface area contributed by atoms with Gasteiger partial charge in [0.15, 0.2) is 11.6 Å². The van der Waals surface area contributed by atoms with Crippen LogP contribution >= 0.6 is 0 Å². The molecule has 1 aliphatic rings. The fraction of sp³-hybridized carbons (Fsp3) is 0.278. The van der Waals surface area contributed by atoms with Gasteiger partial charge in [0.2, 0.25) is 11.8 Å². The number of hydrogen-bond acceptors (Lipinski definition) is 3. The normalized spacial score (nSPS) is 16.8. The van der Waals surface area contributed by atoms with Gasteiger partial charge in [-0.2, -0.15) is 0 Å². The number of anilines is 1. The third kappa shape index (κ3) is 3.50. The average Bonchev–Trinajstić information content (AvgIpc) is 3.08. The highest BCUT2D eigenvalue weighted by Crippen LogP contribution is 2.25. The molecule has 1 saturated heterocycles. The standard InChI is InChI=1S/C18H17F2N3O2/c1-11(24)23-9-3-6-15(23)18(25)22-16-8-7-12(10-21-16)13-4-2-5-14(19)17(13)20/h2,4-5,7-8,10,15H,3,6,9H2,1H3,(H,21,22,25). The molecule has 2 heterocycles. The van der Waals surface area contributed by atoms with Crippen molar-refractivity contribution in [1.82, 2.24) is 9.88 Å². The molecule has 1 atom stereocenters. The minimum absolute atomic E-state index is 0.101. The molecule has 130 valence electrons. The summed E-state index contributed by atoms with van der Waals surface area (Å²) >= 11 is 0. The molecule has 1 aromatic heterocycles. The van der Waals surface area contributed by atoms with Crippen LogP contribution in [0.5, 0.6) is 0 Å². The van der Waals surface area contributed by atoms with Crippen LogP contribution < -0.4 is 5.32 Å². The molecule has 1 aromatic carbocycles. The molecular formula is C18H17F2N3O2. The minimum Gasteiger partial charge on any atom is -0.331 e. The van der Waals surface area contributed by atoms with Gasteiger partial charge in [-0.05, 0) is 31.0 Å². The first kappa shape index (κ1) is 17.0. The summed E-state index contributed by atoms with van der Waals surface area (Å²) in [5, 5.41) is 2.66. The number of nitrogens with one attached hydrogen (secondary N) is 1. The van der Waals surface area contributed by atoms with E-state index in [2.05, 4.69) is 10.3 Å². The van der Waals surface area contributed by atoms with Crippen LogP contribution in [-0.2, 0) is 9.59 Å². The number of rotatable bonds is 3. The summed E-state index contributed by atoms with van der Waals surface area (Å²) < 4.78 is 27.1. The average molecular weight is 345 g/mol. The van der Waals surface area contributed by atoms with Crippen molar-refractivity contribution in [3.8, 4) is 11.1 Å². The Labute approximate surface area is 143 Å². The predicted molar refractivity (Wildman–Crippen MR) is 88.6 cm³/mol. The predicted octanol–water partition coefficient (Wildman–Crippen LogP) is 2.98. The monoisotopic (exact) mass is 345 g/mol. The van der Waals surface area contributed by atoms with Gasteiger partial charge in [-0.1, -0.05) is 12.1 Å². The van der Waals surface area contributed by atoms with Crippen LogP contribution in [0, 0.1) is 11.6 Å². The van der Waals surface area contributed by atoms with E-state index in [9.17, 15) is 18.4 Å². The van der Waals surface area contributed by atoms with Gasteiger partial charge in [-0.15, -0.1) is 0 Å². The number of amides is 2. The number of pyridine rings is 1. The molecule has 1 aliphatic heterocycles. The topological polar surface area (TPSA) is 62.3 Å². The van der Waals surface area contributed by atoms with Gasteiger partial charge < -0.3 is 10.2 Å². The molecule has 1 N–H and O–H groups in total. The second kappa shape index (κ2) is 6.96. The number of hydrogen-bond donors (Lipinski definition) is 1. The van der Waals surface area contributed by atoms with Crippen molar-refractivity contribution >= 4 is 17.6 Å². The highest BCUT2D eigenvalue weighted by atomic mass is 19.2. The van der Waals surface area contributed by atoms with Gasteiger partial charge >= 0.3 is 0 Å². The van der Waals surface area contributed by atoms with Crippen LogP contribution in [0.15, 0.2) is 36.5 Å². The first-order valence-electron chi connectivity index (χ1n) is 7.96. The van der Waals surface area contributed by atoms with Gasteiger partial charge in [0.05, 0.1) is 0 Å². The zero-order chi connectivity index (χ0) is 18.0. The molecule has 5 nitrogen and oxygen atoms in total. The summed E-state index contributed by atoms with van der Waals surface area (Å²) in [6.45, 7) is 2.00. The van der Waals surface area contributed by atoms with Gasteiger partial charge in [0.25, 0.3) is 0 Å². The Morgan fingerprint density at radius 3 is 2.72 bits per heavy atom. The Kier molecular flexibility index (Phi) is 4.74. The lowest BCUT2D eigenvalue weighted by molar-refractivity contribution is -0.134. The van der Waals surface area contributed by atoms with Crippen LogP contribution in [0.4, 0.5) is 14.6 Å². The van der Waals surface area contributed by atoms with Crippen molar-refractivity contribution in [1.29, 1.82) is 0 Å². The molecule has 25 heavy (non-hydrogen) atoms. The van der Waals surface area contributed by atoms with E-state index in [0.29, 0.717) is 24.3 Å². The molecule has 0 spiro atoms. The van der Waals surface area contributed by atoms with Crippen molar-refractivity contribution in [2.45, 2.75) is 25.8 Å². The number of nitrogens with zero attached hydrogens (tertiary/aromatic N) is 2. The number of halogens is 2. The maximum absolute atomic E-state index is 13.8. The van der Waals surface area contributed by atoms with Crippen molar-refractivity contribution in [2.75, 3.05) is 11.9 Å². The van der Waals surface area contributed by atoms with Gasteiger partial charge in [0, 0.05) is 30.8 Å². The Balaban J connectivity index is 1.74. The summed E-state index contributed by atoms with van der Waals surface area (Å²) in [4.78, 5) is 29.5. The van der Waals surface area contributed by atoms with E-state index in [1.807, 2.05) is 0 Å². The van der Waals surface area contributed by atoms with Gasteiger partial charge in [-0.25, -0.2) is 13.8 Å². The second-order valence-corrected chi connectivity index (χ2v) is 5.89. The molecular weight excluding hydrogens is 328 g/mol. The van der Waals surface area contributed by atoms with Crippen molar-refractivity contribution in [2.24, 2.45) is 0 Å². The van der Waals surface area contributed by atoms with E-state index in [0.717, 1.165) is 12.5 Å². The molecule has 0 saturated carbocycles.